The highest BCUT2D eigenvalue weighted by Crippen LogP contribution is 2.57. The molecule has 2 aromatic rings. The van der Waals surface area contributed by atoms with Gasteiger partial charge in [-0.1, -0.05) is 26.0 Å². The number of carbonyl (C=O) groups excluding carboxylic acids is 4. The average molecular weight is 836 g/mol. The molecule has 3 fully saturated rings. The molecule has 13 nitrogen and oxygen atoms in total. The molecule has 2 aliphatic heterocycles. The van der Waals surface area contributed by atoms with Crippen molar-refractivity contribution in [3.63, 3.8) is 0 Å². The minimum atomic E-state index is -4.87. The van der Waals surface area contributed by atoms with E-state index in [-0.39, 0.29) is 37.6 Å². The second-order valence-corrected chi connectivity index (χ2v) is 18.9. The van der Waals surface area contributed by atoms with Gasteiger partial charge in [-0.25, -0.2) is 13.4 Å². The summed E-state index contributed by atoms with van der Waals surface area (Å²) in [5.74, 6) is -4.18. The van der Waals surface area contributed by atoms with Crippen LogP contribution in [0.5, 0.6) is 17.4 Å². The summed E-state index contributed by atoms with van der Waals surface area (Å²) in [5, 5.41) is 0.586. The van der Waals surface area contributed by atoms with Crippen molar-refractivity contribution in [3.8, 4) is 17.4 Å². The number of pyridine rings is 1. The van der Waals surface area contributed by atoms with Gasteiger partial charge in [-0.15, -0.1) is 0 Å². The Bertz CT molecular complexity index is 2070. The van der Waals surface area contributed by atoms with Gasteiger partial charge in [0.1, 0.15) is 6.10 Å². The minimum Gasteiger partial charge on any atom is -0.493 e. The summed E-state index contributed by atoms with van der Waals surface area (Å²) in [6, 6.07) is 4.00. The number of carbonyl (C=O) groups is 4. The van der Waals surface area contributed by atoms with Crippen molar-refractivity contribution in [2.45, 2.75) is 115 Å². The molecule has 2 amide bonds. The van der Waals surface area contributed by atoms with Crippen LogP contribution in [-0.2, 0) is 33.9 Å². The SMILES string of the molecule is COc1cc2ccnc(O[C@@H]3C[C@H]4C(=O)C[C@]5(C(=O)NS(=O)(=O)C6CC6)C[C@H]5/C=C\CC[C@@H](C)C[C@@H](C)[C@H](CC(=O)OC(C)(C)C(F)(F)F)C(=O)N4C3)c2cc1OC. The molecule has 17 heteroatoms. The van der Waals surface area contributed by atoms with E-state index in [2.05, 4.69) is 9.71 Å². The number of Topliss-reactive ketones (excluding diaryl/α,β-unsaturated/α-hetero) is 1. The highest BCUT2D eigenvalue weighted by atomic mass is 32.2. The number of nitrogens with zero attached hydrogens (tertiary/aromatic N) is 2. The number of allylic oxidation sites excluding steroid dienone is 2. The highest BCUT2D eigenvalue weighted by molar-refractivity contribution is 7.90. The molecule has 1 N–H and O–H groups in total. The third-order valence-corrected chi connectivity index (χ3v) is 13.9. The van der Waals surface area contributed by atoms with Crippen LogP contribution in [0.15, 0.2) is 36.5 Å². The van der Waals surface area contributed by atoms with E-state index >= 15 is 0 Å². The van der Waals surface area contributed by atoms with E-state index in [9.17, 15) is 40.8 Å². The van der Waals surface area contributed by atoms with Crippen molar-refractivity contribution in [1.29, 1.82) is 0 Å². The van der Waals surface area contributed by atoms with Crippen LogP contribution >= 0.6 is 0 Å². The molecule has 1 aromatic heterocycles. The minimum absolute atomic E-state index is 0.0128. The van der Waals surface area contributed by atoms with Crippen molar-refractivity contribution < 1.29 is 59.7 Å². The van der Waals surface area contributed by atoms with Crippen LogP contribution in [0.1, 0.15) is 85.5 Å². The highest BCUT2D eigenvalue weighted by Gasteiger charge is 2.62. The molecule has 4 aliphatic rings. The summed E-state index contributed by atoms with van der Waals surface area (Å²) in [6.45, 7) is 5.05. The molecule has 6 rings (SSSR count). The third-order valence-electron chi connectivity index (χ3n) is 12.1. The molecule has 1 saturated heterocycles. The summed E-state index contributed by atoms with van der Waals surface area (Å²) in [6.07, 6.45) is 1.27. The molecule has 3 heterocycles. The van der Waals surface area contributed by atoms with E-state index in [0.717, 1.165) is 13.8 Å². The van der Waals surface area contributed by atoms with E-state index in [1.165, 1.54) is 25.3 Å². The fourth-order valence-electron chi connectivity index (χ4n) is 8.27. The average Bonchev–Trinajstić information content (AvgIpc) is 4.07. The lowest BCUT2D eigenvalue weighted by Crippen LogP contribution is -2.48. The Balaban J connectivity index is 1.36. The fraction of sp³-hybridized carbons (Fsp3) is 0.634. The number of rotatable bonds is 10. The lowest BCUT2D eigenvalue weighted by Gasteiger charge is -2.33. The lowest BCUT2D eigenvalue weighted by molar-refractivity contribution is -0.257. The Morgan fingerprint density at radius 3 is 2.38 bits per heavy atom. The van der Waals surface area contributed by atoms with Crippen LogP contribution in [0, 0.1) is 29.1 Å². The van der Waals surface area contributed by atoms with E-state index in [1.807, 2.05) is 19.1 Å². The normalized spacial score (nSPS) is 29.0. The van der Waals surface area contributed by atoms with Crippen LogP contribution in [0.3, 0.4) is 0 Å². The number of methoxy groups -OCH3 is 2. The number of ketones is 1. The second kappa shape index (κ2) is 16.3. The van der Waals surface area contributed by atoms with Gasteiger partial charge < -0.3 is 23.8 Å². The van der Waals surface area contributed by atoms with E-state index < -0.39 is 92.4 Å². The number of benzene rings is 1. The summed E-state index contributed by atoms with van der Waals surface area (Å²) in [7, 11) is -0.960. The standard InChI is InChI=1S/C41H52F3N3O10S/c1-23-9-7-8-10-26-20-40(26,38(51)46-58(52,53)28-11-12-28)21-32(48)31-17-27(56-36-30-18-34(55-6)33(54-5)16-25(30)13-14-45-36)22-47(31)37(50)29(24(2)15-23)19-35(49)57-39(3,4)41(42,43)44/h8,10,13-14,16,18,23-24,26-29,31H,7,9,11-12,15,17,19-22H2,1-6H3,(H,46,51)/b10-8-/t23-,24-,26-,27-,29+,31+,40-/m1/s1. The third kappa shape index (κ3) is 9.08. The quantitative estimate of drug-likeness (QED) is 0.218. The molecule has 2 saturated carbocycles. The van der Waals surface area contributed by atoms with Gasteiger partial charge >= 0.3 is 12.1 Å². The van der Waals surface area contributed by atoms with Crippen LogP contribution in [0.2, 0.25) is 0 Å². The van der Waals surface area contributed by atoms with Crippen LogP contribution < -0.4 is 18.9 Å². The summed E-state index contributed by atoms with van der Waals surface area (Å²) >= 11 is 0. The molecule has 58 heavy (non-hydrogen) atoms. The predicted octanol–water partition coefficient (Wildman–Crippen LogP) is 6.08. The number of halogens is 3. The monoisotopic (exact) mass is 835 g/mol. The molecular weight excluding hydrogens is 784 g/mol. The Kier molecular flexibility index (Phi) is 12.2. The molecule has 2 aliphatic carbocycles. The van der Waals surface area contributed by atoms with Crippen molar-refractivity contribution in [1.82, 2.24) is 14.6 Å². The largest absolute Gasteiger partial charge is 0.493 e. The smallest absolute Gasteiger partial charge is 0.427 e. The van der Waals surface area contributed by atoms with Gasteiger partial charge in [-0.3, -0.25) is 23.9 Å². The zero-order chi connectivity index (χ0) is 42.4. The molecule has 0 spiro atoms. The maximum Gasteiger partial charge on any atom is 0.427 e. The number of ether oxygens (including phenoxy) is 4. The molecule has 7 atom stereocenters. The van der Waals surface area contributed by atoms with E-state index in [0.29, 0.717) is 54.4 Å². The number of fused-ring (bicyclic) bond motifs is 3. The Morgan fingerprint density at radius 2 is 1.72 bits per heavy atom. The van der Waals surface area contributed by atoms with Crippen LogP contribution in [0.4, 0.5) is 13.2 Å². The molecule has 0 unspecified atom stereocenters. The summed E-state index contributed by atoms with van der Waals surface area (Å²) in [5.41, 5.74) is -4.19. The first kappa shape index (κ1) is 43.2. The van der Waals surface area contributed by atoms with Crippen LogP contribution in [-0.4, -0.2) is 91.8 Å². The first-order chi connectivity index (χ1) is 27.2. The molecular formula is C41H52F3N3O10S. The van der Waals surface area contributed by atoms with Crippen molar-refractivity contribution in [2.24, 2.45) is 29.1 Å². The Hall–Kier alpha value is -4.41. The first-order valence-corrected chi connectivity index (χ1v) is 21.3. The fourth-order valence-corrected chi connectivity index (χ4v) is 9.66. The molecule has 0 bridgehead atoms. The van der Waals surface area contributed by atoms with E-state index in [4.69, 9.17) is 18.9 Å². The van der Waals surface area contributed by atoms with Gasteiger partial charge in [0.2, 0.25) is 33.3 Å². The van der Waals surface area contributed by atoms with Crippen molar-refractivity contribution >= 4 is 44.4 Å². The summed E-state index contributed by atoms with van der Waals surface area (Å²) < 4.78 is 91.6. The van der Waals surface area contributed by atoms with Gasteiger partial charge in [0, 0.05) is 24.4 Å². The number of amides is 2. The van der Waals surface area contributed by atoms with Gasteiger partial charge in [0.05, 0.1) is 49.8 Å². The predicted molar refractivity (Wildman–Crippen MR) is 205 cm³/mol. The molecule has 0 radical (unpaired) electrons. The zero-order valence-electron chi connectivity index (χ0n) is 33.6. The zero-order valence-corrected chi connectivity index (χ0v) is 34.4. The van der Waals surface area contributed by atoms with E-state index in [1.54, 1.807) is 25.1 Å². The van der Waals surface area contributed by atoms with Gasteiger partial charge in [-0.05, 0) is 93.7 Å². The first-order valence-electron chi connectivity index (χ1n) is 19.7. The number of hydrogen-bond donors (Lipinski definition) is 1. The number of alkyl halides is 3. The number of esters is 1. The second-order valence-electron chi connectivity index (χ2n) is 16.9. The maximum absolute atomic E-state index is 14.8. The number of hydrogen-bond acceptors (Lipinski definition) is 11. The Labute approximate surface area is 336 Å². The number of sulfonamides is 1. The maximum atomic E-state index is 14.8. The lowest BCUT2D eigenvalue weighted by atomic mass is 9.82. The number of aromatic nitrogens is 1. The van der Waals surface area contributed by atoms with Gasteiger partial charge in [0.25, 0.3) is 0 Å². The topological polar surface area (TPSA) is 167 Å². The van der Waals surface area contributed by atoms with Gasteiger partial charge in [0.15, 0.2) is 17.3 Å². The summed E-state index contributed by atoms with van der Waals surface area (Å²) in [4.78, 5) is 62.3. The molecule has 1 aromatic carbocycles. The Morgan fingerprint density at radius 1 is 1.03 bits per heavy atom. The van der Waals surface area contributed by atoms with Crippen molar-refractivity contribution in [3.05, 3.63) is 36.5 Å². The van der Waals surface area contributed by atoms with Gasteiger partial charge in [-0.2, -0.15) is 13.2 Å². The van der Waals surface area contributed by atoms with Crippen molar-refractivity contribution in [2.75, 3.05) is 20.8 Å². The number of nitrogens with one attached hydrogen (secondary N) is 1. The van der Waals surface area contributed by atoms with Crippen LogP contribution in [0.25, 0.3) is 10.8 Å². The molecule has 318 valence electrons.